The van der Waals surface area contributed by atoms with Gasteiger partial charge in [-0.1, -0.05) is 0 Å². The van der Waals surface area contributed by atoms with E-state index in [0.29, 0.717) is 26.1 Å². The molecule has 1 amide bonds. The van der Waals surface area contributed by atoms with Crippen LogP contribution in [0.3, 0.4) is 0 Å². The summed E-state index contributed by atoms with van der Waals surface area (Å²) in [4.78, 5) is 10.6. The van der Waals surface area contributed by atoms with Crippen molar-refractivity contribution in [2.75, 3.05) is 25.4 Å². The molecule has 1 fully saturated rings. The third-order valence-electron chi connectivity index (χ3n) is 2.28. The van der Waals surface area contributed by atoms with Crippen molar-refractivity contribution in [3.8, 4) is 0 Å². The van der Waals surface area contributed by atoms with Crippen molar-refractivity contribution in [3.63, 3.8) is 0 Å². The van der Waals surface area contributed by atoms with Gasteiger partial charge in [0.2, 0.25) is 5.91 Å². The van der Waals surface area contributed by atoms with Crippen LogP contribution < -0.4 is 10.6 Å². The molecule has 0 aromatic carbocycles. The van der Waals surface area contributed by atoms with Gasteiger partial charge >= 0.3 is 0 Å². The summed E-state index contributed by atoms with van der Waals surface area (Å²) in [6.45, 7) is 2.90. The molecular weight excluding hydrogens is 204 g/mol. The lowest BCUT2D eigenvalue weighted by atomic mass is 10.3. The highest BCUT2D eigenvalue weighted by Crippen LogP contribution is 2.09. The summed E-state index contributed by atoms with van der Waals surface area (Å²) in [7, 11) is -2.94. The molecule has 2 N–H and O–H groups in total. The van der Waals surface area contributed by atoms with Crippen LogP contribution in [0.15, 0.2) is 0 Å². The summed E-state index contributed by atoms with van der Waals surface area (Å²) in [6, 6.07) is 0. The average molecular weight is 220 g/mol. The molecule has 0 aromatic rings. The first-order valence-electron chi connectivity index (χ1n) is 4.69. The number of carbonyl (C=O) groups is 1. The van der Waals surface area contributed by atoms with Gasteiger partial charge in [-0.05, 0) is 6.42 Å². The van der Waals surface area contributed by atoms with Crippen LogP contribution in [-0.2, 0) is 14.6 Å². The lowest BCUT2D eigenvalue weighted by Gasteiger charge is -2.23. The van der Waals surface area contributed by atoms with Crippen LogP contribution in [0.5, 0.6) is 0 Å². The molecule has 1 rings (SSSR count). The van der Waals surface area contributed by atoms with Gasteiger partial charge in [-0.3, -0.25) is 4.79 Å². The van der Waals surface area contributed by atoms with Gasteiger partial charge in [0.05, 0.1) is 11.0 Å². The highest BCUT2D eigenvalue weighted by molar-refractivity contribution is 7.92. The largest absolute Gasteiger partial charge is 0.356 e. The predicted molar refractivity (Wildman–Crippen MR) is 53.7 cm³/mol. The third kappa shape index (κ3) is 3.26. The van der Waals surface area contributed by atoms with Crippen LogP contribution >= 0.6 is 0 Å². The van der Waals surface area contributed by atoms with E-state index in [1.807, 2.05) is 0 Å². The second-order valence-corrected chi connectivity index (χ2v) is 5.87. The van der Waals surface area contributed by atoms with Crippen molar-refractivity contribution < 1.29 is 13.2 Å². The zero-order chi connectivity index (χ0) is 10.6. The third-order valence-corrected chi connectivity index (χ3v) is 4.47. The van der Waals surface area contributed by atoms with Gasteiger partial charge < -0.3 is 10.6 Å². The Morgan fingerprint density at radius 2 is 2.29 bits per heavy atom. The zero-order valence-corrected chi connectivity index (χ0v) is 9.06. The van der Waals surface area contributed by atoms with Gasteiger partial charge in [0.25, 0.3) is 0 Å². The second kappa shape index (κ2) is 4.75. The molecule has 0 aromatic heterocycles. The first-order valence-corrected chi connectivity index (χ1v) is 6.40. The molecule has 1 heterocycles. The maximum Gasteiger partial charge on any atom is 0.216 e. The SMILES string of the molecule is CC(=O)NCCC1CNCCS1(=O)=O. The van der Waals surface area contributed by atoms with Crippen LogP contribution in [0.25, 0.3) is 0 Å². The Hall–Kier alpha value is -0.620. The number of rotatable bonds is 3. The van der Waals surface area contributed by atoms with Crippen LogP contribution in [0.2, 0.25) is 0 Å². The molecular formula is C8H16N2O3S. The summed E-state index contributed by atoms with van der Waals surface area (Å²) in [5.41, 5.74) is 0. The molecule has 1 aliphatic heterocycles. The number of amides is 1. The number of hydrogen-bond donors (Lipinski definition) is 2. The monoisotopic (exact) mass is 220 g/mol. The molecule has 1 unspecified atom stereocenters. The fourth-order valence-corrected chi connectivity index (χ4v) is 3.07. The molecule has 14 heavy (non-hydrogen) atoms. The van der Waals surface area contributed by atoms with Crippen molar-refractivity contribution in [2.45, 2.75) is 18.6 Å². The van der Waals surface area contributed by atoms with Crippen molar-refractivity contribution in [3.05, 3.63) is 0 Å². The molecule has 5 nitrogen and oxygen atoms in total. The molecule has 1 saturated heterocycles. The van der Waals surface area contributed by atoms with E-state index in [-0.39, 0.29) is 16.9 Å². The summed E-state index contributed by atoms with van der Waals surface area (Å²) >= 11 is 0. The lowest BCUT2D eigenvalue weighted by Crippen LogP contribution is -2.45. The minimum Gasteiger partial charge on any atom is -0.356 e. The first-order chi connectivity index (χ1) is 6.52. The molecule has 0 aliphatic carbocycles. The van der Waals surface area contributed by atoms with Crippen molar-refractivity contribution >= 4 is 15.7 Å². The van der Waals surface area contributed by atoms with Gasteiger partial charge in [-0.25, -0.2) is 8.42 Å². The molecule has 0 radical (unpaired) electrons. The van der Waals surface area contributed by atoms with E-state index >= 15 is 0 Å². The van der Waals surface area contributed by atoms with E-state index < -0.39 is 9.84 Å². The minimum atomic E-state index is -2.94. The summed E-state index contributed by atoms with van der Waals surface area (Å²) in [5.74, 6) is 0.0868. The van der Waals surface area contributed by atoms with Crippen LogP contribution in [0.1, 0.15) is 13.3 Å². The normalized spacial score (nSPS) is 25.6. The number of sulfone groups is 1. The predicted octanol–water partition coefficient (Wildman–Crippen LogP) is -1.10. The Bertz CT molecular complexity index is 300. The standard InChI is InChI=1S/C8H16N2O3S/c1-7(11)10-3-2-8-6-9-4-5-14(8,12)13/h8-9H,2-6H2,1H3,(H,10,11). The van der Waals surface area contributed by atoms with Gasteiger partial charge in [0.15, 0.2) is 9.84 Å². The average Bonchev–Trinajstić information content (AvgIpc) is 2.07. The molecule has 82 valence electrons. The molecule has 1 atom stereocenters. The van der Waals surface area contributed by atoms with E-state index in [1.54, 1.807) is 0 Å². The molecule has 6 heteroatoms. The highest BCUT2D eigenvalue weighted by atomic mass is 32.2. The van der Waals surface area contributed by atoms with E-state index in [2.05, 4.69) is 10.6 Å². The highest BCUT2D eigenvalue weighted by Gasteiger charge is 2.27. The van der Waals surface area contributed by atoms with Gasteiger partial charge in [-0.15, -0.1) is 0 Å². The number of hydrogen-bond acceptors (Lipinski definition) is 4. The smallest absolute Gasteiger partial charge is 0.216 e. The molecule has 1 aliphatic rings. The van der Waals surface area contributed by atoms with E-state index in [4.69, 9.17) is 0 Å². The fourth-order valence-electron chi connectivity index (χ4n) is 1.46. The van der Waals surface area contributed by atoms with Crippen LogP contribution in [0, 0.1) is 0 Å². The minimum absolute atomic E-state index is 0.119. The Morgan fingerprint density at radius 3 is 2.86 bits per heavy atom. The Balaban J connectivity index is 2.39. The van der Waals surface area contributed by atoms with Crippen LogP contribution in [-0.4, -0.2) is 45.0 Å². The van der Waals surface area contributed by atoms with Crippen LogP contribution in [0.4, 0.5) is 0 Å². The van der Waals surface area contributed by atoms with Crippen molar-refractivity contribution in [2.24, 2.45) is 0 Å². The second-order valence-electron chi connectivity index (χ2n) is 3.46. The first kappa shape index (κ1) is 11.5. The Morgan fingerprint density at radius 1 is 1.57 bits per heavy atom. The summed E-state index contributed by atoms with van der Waals surface area (Å²) < 4.78 is 23.0. The Kier molecular flexibility index (Phi) is 3.88. The number of nitrogens with one attached hydrogen (secondary N) is 2. The zero-order valence-electron chi connectivity index (χ0n) is 8.25. The lowest BCUT2D eigenvalue weighted by molar-refractivity contribution is -0.118. The molecule has 0 saturated carbocycles. The quantitative estimate of drug-likeness (QED) is 0.633. The maximum absolute atomic E-state index is 11.5. The molecule has 0 bridgehead atoms. The fraction of sp³-hybridized carbons (Fsp3) is 0.875. The molecule has 0 spiro atoms. The summed E-state index contributed by atoms with van der Waals surface area (Å²) in [6.07, 6.45) is 0.495. The number of carbonyl (C=O) groups excluding carboxylic acids is 1. The van der Waals surface area contributed by atoms with Crippen molar-refractivity contribution in [1.29, 1.82) is 0 Å². The summed E-state index contributed by atoms with van der Waals surface area (Å²) in [5, 5.41) is 5.29. The van der Waals surface area contributed by atoms with Gasteiger partial charge in [-0.2, -0.15) is 0 Å². The Labute approximate surface area is 84.2 Å². The van der Waals surface area contributed by atoms with Gasteiger partial charge in [0, 0.05) is 26.6 Å². The maximum atomic E-state index is 11.5. The topological polar surface area (TPSA) is 75.3 Å². The van der Waals surface area contributed by atoms with E-state index in [1.165, 1.54) is 6.92 Å². The van der Waals surface area contributed by atoms with E-state index in [9.17, 15) is 13.2 Å². The van der Waals surface area contributed by atoms with E-state index in [0.717, 1.165) is 0 Å². The van der Waals surface area contributed by atoms with Crippen molar-refractivity contribution in [1.82, 2.24) is 10.6 Å². The van der Waals surface area contributed by atoms with Gasteiger partial charge in [0.1, 0.15) is 0 Å².